The van der Waals surface area contributed by atoms with Gasteiger partial charge < -0.3 is 10.1 Å². The standard InChI is InChI=1S/C17H27NO2/c1-16(2,15(19)20-5)13-18-17(3,4)12-11-14-9-7-6-8-10-14/h6-10,18H,11-13H2,1-5H3. The van der Waals surface area contributed by atoms with Crippen LogP contribution in [-0.4, -0.2) is 25.2 Å². The van der Waals surface area contributed by atoms with E-state index in [0.29, 0.717) is 6.54 Å². The number of esters is 1. The number of carbonyl (C=O) groups is 1. The summed E-state index contributed by atoms with van der Waals surface area (Å²) in [5, 5.41) is 3.48. The molecule has 1 aromatic carbocycles. The maximum absolute atomic E-state index is 11.7. The molecule has 0 bridgehead atoms. The van der Waals surface area contributed by atoms with Crippen molar-refractivity contribution in [1.82, 2.24) is 5.32 Å². The Labute approximate surface area is 122 Å². The Hall–Kier alpha value is -1.35. The summed E-state index contributed by atoms with van der Waals surface area (Å²) in [4.78, 5) is 11.7. The smallest absolute Gasteiger partial charge is 0.312 e. The molecule has 3 nitrogen and oxygen atoms in total. The molecule has 0 spiro atoms. The van der Waals surface area contributed by atoms with E-state index >= 15 is 0 Å². The fourth-order valence-electron chi connectivity index (χ4n) is 2.00. The van der Waals surface area contributed by atoms with E-state index in [1.807, 2.05) is 19.9 Å². The lowest BCUT2D eigenvalue weighted by atomic mass is 9.90. The van der Waals surface area contributed by atoms with Crippen LogP contribution in [0.5, 0.6) is 0 Å². The summed E-state index contributed by atoms with van der Waals surface area (Å²) in [6, 6.07) is 10.5. The number of hydrogen-bond acceptors (Lipinski definition) is 3. The molecule has 112 valence electrons. The number of benzene rings is 1. The second kappa shape index (κ2) is 6.89. The average Bonchev–Trinajstić information content (AvgIpc) is 2.43. The molecule has 0 saturated carbocycles. The van der Waals surface area contributed by atoms with E-state index in [2.05, 4.69) is 43.4 Å². The van der Waals surface area contributed by atoms with Crippen molar-refractivity contribution in [3.8, 4) is 0 Å². The fraction of sp³-hybridized carbons (Fsp3) is 0.588. The number of aryl methyl sites for hydroxylation is 1. The van der Waals surface area contributed by atoms with E-state index in [-0.39, 0.29) is 11.5 Å². The van der Waals surface area contributed by atoms with Gasteiger partial charge in [-0.05, 0) is 46.1 Å². The summed E-state index contributed by atoms with van der Waals surface area (Å²) < 4.78 is 4.83. The molecule has 0 atom stereocenters. The van der Waals surface area contributed by atoms with E-state index in [9.17, 15) is 4.79 Å². The molecule has 3 heteroatoms. The summed E-state index contributed by atoms with van der Waals surface area (Å²) >= 11 is 0. The third kappa shape index (κ3) is 5.33. The van der Waals surface area contributed by atoms with Crippen LogP contribution in [0.3, 0.4) is 0 Å². The molecular weight excluding hydrogens is 250 g/mol. The summed E-state index contributed by atoms with van der Waals surface area (Å²) in [5.74, 6) is -0.177. The fourth-order valence-corrected chi connectivity index (χ4v) is 2.00. The summed E-state index contributed by atoms with van der Waals surface area (Å²) in [7, 11) is 1.44. The third-order valence-electron chi connectivity index (χ3n) is 3.63. The quantitative estimate of drug-likeness (QED) is 0.778. The van der Waals surface area contributed by atoms with E-state index in [0.717, 1.165) is 12.8 Å². The van der Waals surface area contributed by atoms with Gasteiger partial charge in [0, 0.05) is 12.1 Å². The average molecular weight is 277 g/mol. The van der Waals surface area contributed by atoms with Crippen LogP contribution in [-0.2, 0) is 16.0 Å². The summed E-state index contributed by atoms with van der Waals surface area (Å²) in [5.41, 5.74) is 0.828. The molecule has 0 radical (unpaired) electrons. The van der Waals surface area contributed by atoms with Crippen LogP contribution >= 0.6 is 0 Å². The van der Waals surface area contributed by atoms with Crippen molar-refractivity contribution in [2.24, 2.45) is 5.41 Å². The maximum atomic E-state index is 11.7. The van der Waals surface area contributed by atoms with Gasteiger partial charge in [-0.15, -0.1) is 0 Å². The molecule has 0 unspecified atom stereocenters. The van der Waals surface area contributed by atoms with Gasteiger partial charge in [-0.1, -0.05) is 30.3 Å². The number of methoxy groups -OCH3 is 1. The number of nitrogens with one attached hydrogen (secondary N) is 1. The first-order valence-electron chi connectivity index (χ1n) is 7.14. The normalized spacial score (nSPS) is 12.2. The molecule has 0 heterocycles. The predicted molar refractivity (Wildman–Crippen MR) is 82.6 cm³/mol. The van der Waals surface area contributed by atoms with E-state index in [1.165, 1.54) is 12.7 Å². The van der Waals surface area contributed by atoms with Crippen molar-refractivity contribution in [3.05, 3.63) is 35.9 Å². The largest absolute Gasteiger partial charge is 0.469 e. The first-order chi connectivity index (χ1) is 9.27. The van der Waals surface area contributed by atoms with Gasteiger partial charge in [-0.2, -0.15) is 0 Å². The molecular formula is C17H27NO2. The second-order valence-electron chi connectivity index (χ2n) is 6.60. The van der Waals surface area contributed by atoms with Crippen molar-refractivity contribution in [1.29, 1.82) is 0 Å². The van der Waals surface area contributed by atoms with Crippen LogP contribution in [0.25, 0.3) is 0 Å². The maximum Gasteiger partial charge on any atom is 0.312 e. The molecule has 1 N–H and O–H groups in total. The lowest BCUT2D eigenvalue weighted by Gasteiger charge is -2.31. The highest BCUT2D eigenvalue weighted by Crippen LogP contribution is 2.19. The molecule has 20 heavy (non-hydrogen) atoms. The van der Waals surface area contributed by atoms with Crippen LogP contribution in [0, 0.1) is 5.41 Å². The number of rotatable bonds is 7. The number of carbonyl (C=O) groups excluding carboxylic acids is 1. The first kappa shape index (κ1) is 16.7. The van der Waals surface area contributed by atoms with Crippen LogP contribution in [0.2, 0.25) is 0 Å². The van der Waals surface area contributed by atoms with Crippen molar-refractivity contribution in [2.45, 2.75) is 46.1 Å². The lowest BCUT2D eigenvalue weighted by molar-refractivity contribution is -0.150. The lowest BCUT2D eigenvalue weighted by Crippen LogP contribution is -2.47. The van der Waals surface area contributed by atoms with E-state index in [4.69, 9.17) is 4.74 Å². The predicted octanol–water partition coefficient (Wildman–Crippen LogP) is 3.19. The Balaban J connectivity index is 2.47. The SMILES string of the molecule is COC(=O)C(C)(C)CNC(C)(C)CCc1ccccc1. The molecule has 0 aliphatic carbocycles. The zero-order chi connectivity index (χ0) is 15.2. The molecule has 1 rings (SSSR count). The van der Waals surface area contributed by atoms with Crippen molar-refractivity contribution < 1.29 is 9.53 Å². The second-order valence-corrected chi connectivity index (χ2v) is 6.60. The van der Waals surface area contributed by atoms with Gasteiger partial charge in [0.1, 0.15) is 0 Å². The molecule has 0 aromatic heterocycles. The summed E-state index contributed by atoms with van der Waals surface area (Å²) in [6.07, 6.45) is 2.05. The molecule has 0 aliphatic heterocycles. The van der Waals surface area contributed by atoms with Gasteiger partial charge in [0.2, 0.25) is 0 Å². The Morgan fingerprint density at radius 2 is 1.75 bits per heavy atom. The molecule has 0 amide bonds. The number of hydrogen-bond donors (Lipinski definition) is 1. The van der Waals surface area contributed by atoms with Crippen LogP contribution < -0.4 is 5.32 Å². The highest BCUT2D eigenvalue weighted by Gasteiger charge is 2.30. The van der Waals surface area contributed by atoms with Gasteiger partial charge in [0.25, 0.3) is 0 Å². The Morgan fingerprint density at radius 3 is 2.30 bits per heavy atom. The number of ether oxygens (including phenoxy) is 1. The molecule has 1 aromatic rings. The van der Waals surface area contributed by atoms with Gasteiger partial charge in [0.15, 0.2) is 0 Å². The van der Waals surface area contributed by atoms with Crippen LogP contribution in [0.15, 0.2) is 30.3 Å². The highest BCUT2D eigenvalue weighted by atomic mass is 16.5. The molecule has 0 aliphatic rings. The Kier molecular flexibility index (Phi) is 5.75. The monoisotopic (exact) mass is 277 g/mol. The van der Waals surface area contributed by atoms with E-state index < -0.39 is 5.41 Å². The van der Waals surface area contributed by atoms with Gasteiger partial charge in [-0.25, -0.2) is 0 Å². The zero-order valence-electron chi connectivity index (χ0n) is 13.3. The minimum Gasteiger partial charge on any atom is -0.469 e. The van der Waals surface area contributed by atoms with Crippen LogP contribution in [0.1, 0.15) is 39.7 Å². The van der Waals surface area contributed by atoms with Crippen molar-refractivity contribution >= 4 is 5.97 Å². The third-order valence-corrected chi connectivity index (χ3v) is 3.63. The van der Waals surface area contributed by atoms with E-state index in [1.54, 1.807) is 0 Å². The minimum atomic E-state index is -0.501. The Bertz CT molecular complexity index is 424. The highest BCUT2D eigenvalue weighted by molar-refractivity contribution is 5.76. The Morgan fingerprint density at radius 1 is 1.15 bits per heavy atom. The zero-order valence-corrected chi connectivity index (χ0v) is 13.3. The van der Waals surface area contributed by atoms with Gasteiger partial charge >= 0.3 is 5.97 Å². The van der Waals surface area contributed by atoms with Crippen molar-refractivity contribution in [2.75, 3.05) is 13.7 Å². The molecule has 0 fully saturated rings. The van der Waals surface area contributed by atoms with Crippen molar-refractivity contribution in [3.63, 3.8) is 0 Å². The van der Waals surface area contributed by atoms with Gasteiger partial charge in [0.05, 0.1) is 12.5 Å². The van der Waals surface area contributed by atoms with Crippen LogP contribution in [0.4, 0.5) is 0 Å². The topological polar surface area (TPSA) is 38.3 Å². The summed E-state index contributed by atoms with van der Waals surface area (Å²) in [6.45, 7) is 8.76. The molecule has 0 saturated heterocycles. The first-order valence-corrected chi connectivity index (χ1v) is 7.14. The van der Waals surface area contributed by atoms with Gasteiger partial charge in [-0.3, -0.25) is 4.79 Å². The minimum absolute atomic E-state index is 0.0128.